The van der Waals surface area contributed by atoms with Crippen LogP contribution in [0.2, 0.25) is 0 Å². The summed E-state index contributed by atoms with van der Waals surface area (Å²) in [7, 11) is 0. The Labute approximate surface area is 104 Å². The van der Waals surface area contributed by atoms with E-state index in [1.54, 1.807) is 0 Å². The van der Waals surface area contributed by atoms with Gasteiger partial charge in [0.2, 0.25) is 0 Å². The summed E-state index contributed by atoms with van der Waals surface area (Å²) in [5, 5.41) is 13.3. The maximum Gasteiger partial charge on any atom is 0.341 e. The third kappa shape index (κ3) is 1.79. The van der Waals surface area contributed by atoms with E-state index < -0.39 is 5.97 Å². The molecule has 2 aromatic rings. The number of carboxylic acid groups (broad SMARTS) is 1. The Morgan fingerprint density at radius 2 is 2.22 bits per heavy atom. The van der Waals surface area contributed by atoms with Crippen molar-refractivity contribution >= 4 is 5.97 Å². The molecule has 92 valence electrons. The lowest BCUT2D eigenvalue weighted by Gasteiger charge is -2.00. The third-order valence-corrected chi connectivity index (χ3v) is 3.17. The summed E-state index contributed by atoms with van der Waals surface area (Å²) in [6, 6.07) is 7.63. The second-order valence-electron chi connectivity index (χ2n) is 4.72. The predicted octanol–water partition coefficient (Wildman–Crippen LogP) is 3.23. The molecule has 1 heterocycles. The maximum absolute atomic E-state index is 11.4. The molecule has 1 fully saturated rings. The molecule has 0 unspecified atom stereocenters. The summed E-state index contributed by atoms with van der Waals surface area (Å²) in [6.07, 6.45) is 1.98. The van der Waals surface area contributed by atoms with Crippen LogP contribution in [0.25, 0.3) is 11.3 Å². The zero-order valence-electron chi connectivity index (χ0n) is 10.0. The molecule has 3 rings (SSSR count). The highest BCUT2D eigenvalue weighted by Crippen LogP contribution is 2.43. The van der Waals surface area contributed by atoms with Crippen LogP contribution in [0, 0.1) is 6.92 Å². The van der Waals surface area contributed by atoms with Gasteiger partial charge in [0.1, 0.15) is 11.3 Å². The minimum Gasteiger partial charge on any atom is -0.477 e. The van der Waals surface area contributed by atoms with Gasteiger partial charge in [0, 0.05) is 11.5 Å². The molecule has 0 amide bonds. The fourth-order valence-electron chi connectivity index (χ4n) is 2.12. The molecule has 0 radical (unpaired) electrons. The van der Waals surface area contributed by atoms with Crippen molar-refractivity contribution in [2.45, 2.75) is 25.7 Å². The molecule has 0 bridgehead atoms. The SMILES string of the molecule is Cc1cccc(-c2noc(C3CC3)c2C(=O)O)c1. The number of carbonyl (C=O) groups is 1. The zero-order chi connectivity index (χ0) is 12.7. The molecule has 1 aromatic heterocycles. The Hall–Kier alpha value is -2.10. The minimum atomic E-state index is -0.963. The van der Waals surface area contributed by atoms with E-state index in [0.717, 1.165) is 24.0 Å². The van der Waals surface area contributed by atoms with E-state index in [2.05, 4.69) is 5.16 Å². The van der Waals surface area contributed by atoms with Crippen molar-refractivity contribution < 1.29 is 14.4 Å². The number of nitrogens with zero attached hydrogens (tertiary/aromatic N) is 1. The van der Waals surface area contributed by atoms with Crippen molar-refractivity contribution in [2.75, 3.05) is 0 Å². The minimum absolute atomic E-state index is 0.225. The standard InChI is InChI=1S/C14H13NO3/c1-8-3-2-4-10(7-8)12-11(14(16)17)13(18-15-12)9-5-6-9/h2-4,7,9H,5-6H2,1H3,(H,16,17). The molecule has 4 nitrogen and oxygen atoms in total. The smallest absolute Gasteiger partial charge is 0.341 e. The van der Waals surface area contributed by atoms with Crippen LogP contribution in [0.5, 0.6) is 0 Å². The number of aryl methyl sites for hydroxylation is 1. The fraction of sp³-hybridized carbons (Fsp3) is 0.286. The van der Waals surface area contributed by atoms with Gasteiger partial charge in [-0.25, -0.2) is 4.79 Å². The molecule has 0 atom stereocenters. The Bertz CT molecular complexity index is 611. The molecule has 1 aliphatic carbocycles. The van der Waals surface area contributed by atoms with E-state index in [1.807, 2.05) is 31.2 Å². The van der Waals surface area contributed by atoms with Crippen LogP contribution in [-0.4, -0.2) is 16.2 Å². The Morgan fingerprint density at radius 3 is 2.83 bits per heavy atom. The van der Waals surface area contributed by atoms with E-state index in [4.69, 9.17) is 4.52 Å². The van der Waals surface area contributed by atoms with Gasteiger partial charge in [0.05, 0.1) is 0 Å². The van der Waals surface area contributed by atoms with E-state index in [-0.39, 0.29) is 11.5 Å². The Kier molecular flexibility index (Phi) is 2.44. The summed E-state index contributed by atoms with van der Waals surface area (Å²) >= 11 is 0. The average molecular weight is 243 g/mol. The topological polar surface area (TPSA) is 63.3 Å². The van der Waals surface area contributed by atoms with E-state index in [1.165, 1.54) is 0 Å². The number of aromatic nitrogens is 1. The molecule has 1 aromatic carbocycles. The van der Waals surface area contributed by atoms with Crippen molar-refractivity contribution in [2.24, 2.45) is 0 Å². The molecule has 18 heavy (non-hydrogen) atoms. The Morgan fingerprint density at radius 1 is 1.44 bits per heavy atom. The van der Waals surface area contributed by atoms with Crippen LogP contribution < -0.4 is 0 Å². The normalized spacial score (nSPS) is 14.7. The summed E-state index contributed by atoms with van der Waals surface area (Å²) < 4.78 is 5.24. The largest absolute Gasteiger partial charge is 0.477 e. The van der Waals surface area contributed by atoms with Crippen molar-refractivity contribution in [3.63, 3.8) is 0 Å². The highest BCUT2D eigenvalue weighted by molar-refractivity contribution is 5.96. The molecule has 0 aliphatic heterocycles. The first-order valence-corrected chi connectivity index (χ1v) is 5.96. The van der Waals surface area contributed by atoms with Crippen LogP contribution in [0.4, 0.5) is 0 Å². The van der Waals surface area contributed by atoms with Gasteiger partial charge in [-0.3, -0.25) is 0 Å². The molecular weight excluding hydrogens is 230 g/mol. The second-order valence-corrected chi connectivity index (χ2v) is 4.72. The first kappa shape index (κ1) is 11.0. The molecule has 4 heteroatoms. The number of rotatable bonds is 3. The predicted molar refractivity (Wildman–Crippen MR) is 65.6 cm³/mol. The average Bonchev–Trinajstić information content (AvgIpc) is 3.07. The molecular formula is C14H13NO3. The van der Waals surface area contributed by atoms with Crippen molar-refractivity contribution in [1.29, 1.82) is 0 Å². The number of benzene rings is 1. The lowest BCUT2D eigenvalue weighted by Crippen LogP contribution is -2.00. The Balaban J connectivity index is 2.14. The molecule has 1 aliphatic rings. The van der Waals surface area contributed by atoms with Gasteiger partial charge in [0.25, 0.3) is 0 Å². The van der Waals surface area contributed by atoms with Gasteiger partial charge in [-0.1, -0.05) is 28.9 Å². The first-order valence-electron chi connectivity index (χ1n) is 5.96. The summed E-state index contributed by atoms with van der Waals surface area (Å²) in [5.41, 5.74) is 2.53. The molecule has 1 saturated carbocycles. The van der Waals surface area contributed by atoms with E-state index >= 15 is 0 Å². The van der Waals surface area contributed by atoms with Gasteiger partial charge >= 0.3 is 5.97 Å². The lowest BCUT2D eigenvalue weighted by molar-refractivity contribution is 0.0695. The number of hydrogen-bond acceptors (Lipinski definition) is 3. The monoisotopic (exact) mass is 243 g/mol. The number of hydrogen-bond donors (Lipinski definition) is 1. The van der Waals surface area contributed by atoms with Gasteiger partial charge in [-0.05, 0) is 25.8 Å². The van der Waals surface area contributed by atoms with E-state index in [0.29, 0.717) is 11.5 Å². The highest BCUT2D eigenvalue weighted by atomic mass is 16.5. The van der Waals surface area contributed by atoms with Gasteiger partial charge < -0.3 is 9.63 Å². The van der Waals surface area contributed by atoms with E-state index in [9.17, 15) is 9.90 Å². The second kappa shape index (κ2) is 3.98. The van der Waals surface area contributed by atoms with Gasteiger partial charge in [-0.15, -0.1) is 0 Å². The van der Waals surface area contributed by atoms with Crippen molar-refractivity contribution in [3.05, 3.63) is 41.2 Å². The zero-order valence-corrected chi connectivity index (χ0v) is 10.0. The highest BCUT2D eigenvalue weighted by Gasteiger charge is 2.35. The quantitative estimate of drug-likeness (QED) is 0.898. The van der Waals surface area contributed by atoms with Crippen LogP contribution in [0.3, 0.4) is 0 Å². The van der Waals surface area contributed by atoms with Crippen LogP contribution >= 0.6 is 0 Å². The van der Waals surface area contributed by atoms with Crippen LogP contribution in [0.1, 0.15) is 40.4 Å². The maximum atomic E-state index is 11.4. The fourth-order valence-corrected chi connectivity index (χ4v) is 2.12. The summed E-state index contributed by atoms with van der Waals surface area (Å²) in [5.74, 6) is -0.198. The van der Waals surface area contributed by atoms with Crippen LogP contribution in [0.15, 0.2) is 28.8 Å². The van der Waals surface area contributed by atoms with Gasteiger partial charge in [-0.2, -0.15) is 0 Å². The molecule has 0 saturated heterocycles. The summed E-state index contributed by atoms with van der Waals surface area (Å²) in [6.45, 7) is 1.96. The first-order chi connectivity index (χ1) is 8.66. The summed E-state index contributed by atoms with van der Waals surface area (Å²) in [4.78, 5) is 11.4. The number of aromatic carboxylic acids is 1. The molecule has 1 N–H and O–H groups in total. The number of carboxylic acids is 1. The van der Waals surface area contributed by atoms with Crippen LogP contribution in [-0.2, 0) is 0 Å². The lowest BCUT2D eigenvalue weighted by atomic mass is 10.0. The molecule has 0 spiro atoms. The van der Waals surface area contributed by atoms with Crippen molar-refractivity contribution in [1.82, 2.24) is 5.16 Å². The van der Waals surface area contributed by atoms with Crippen molar-refractivity contribution in [3.8, 4) is 11.3 Å². The third-order valence-electron chi connectivity index (χ3n) is 3.17. The van der Waals surface area contributed by atoms with Gasteiger partial charge in [0.15, 0.2) is 5.76 Å².